The zero-order chi connectivity index (χ0) is 16.8. The molecule has 0 radical (unpaired) electrons. The summed E-state index contributed by atoms with van der Waals surface area (Å²) in [7, 11) is 1.59. The fourth-order valence-electron chi connectivity index (χ4n) is 2.55. The van der Waals surface area contributed by atoms with Crippen molar-refractivity contribution in [3.05, 3.63) is 52.2 Å². The van der Waals surface area contributed by atoms with Gasteiger partial charge in [-0.3, -0.25) is 9.36 Å². The molecular formula is C16H11ClN4O2S. The van der Waals surface area contributed by atoms with Gasteiger partial charge in [-0.25, -0.2) is 9.97 Å². The fourth-order valence-corrected chi connectivity index (χ4v) is 3.89. The minimum Gasteiger partial charge on any atom is -0.497 e. The maximum Gasteiger partial charge on any atom is 0.275 e. The zero-order valence-corrected chi connectivity index (χ0v) is 14.1. The van der Waals surface area contributed by atoms with E-state index in [2.05, 4.69) is 9.97 Å². The summed E-state index contributed by atoms with van der Waals surface area (Å²) in [5.74, 6) is 0.717. The fraction of sp³-hybridized carbons (Fsp3) is 0.0625. The molecule has 8 heteroatoms. The molecule has 6 nitrogen and oxygen atoms in total. The van der Waals surface area contributed by atoms with Crippen LogP contribution >= 0.6 is 22.9 Å². The van der Waals surface area contributed by atoms with Crippen LogP contribution in [-0.4, -0.2) is 21.6 Å². The zero-order valence-electron chi connectivity index (χ0n) is 12.5. The Morgan fingerprint density at radius 3 is 2.75 bits per heavy atom. The molecule has 4 rings (SSSR count). The number of rotatable bonds is 2. The number of thiophene rings is 1. The van der Waals surface area contributed by atoms with E-state index in [1.165, 1.54) is 22.2 Å². The van der Waals surface area contributed by atoms with Gasteiger partial charge in [-0.15, -0.1) is 11.3 Å². The second-order valence-electron chi connectivity index (χ2n) is 5.11. The lowest BCUT2D eigenvalue weighted by Crippen LogP contribution is -2.17. The first-order valence-electron chi connectivity index (χ1n) is 6.99. The number of hydrogen-bond donors (Lipinski definition) is 1. The molecule has 4 aromatic rings. The van der Waals surface area contributed by atoms with Crippen molar-refractivity contribution in [3.63, 3.8) is 0 Å². The summed E-state index contributed by atoms with van der Waals surface area (Å²) in [5.41, 5.74) is 7.55. The summed E-state index contributed by atoms with van der Waals surface area (Å²) >= 11 is 7.18. The van der Waals surface area contributed by atoms with Crippen LogP contribution in [0.2, 0.25) is 5.15 Å². The lowest BCUT2D eigenvalue weighted by atomic mass is 10.2. The van der Waals surface area contributed by atoms with Crippen LogP contribution in [0.3, 0.4) is 0 Å². The highest BCUT2D eigenvalue weighted by molar-refractivity contribution is 7.25. The SMILES string of the molecule is COc1ccc(-n2cnc3c(sc4nc(Cl)cc(N)c43)c2=O)cc1. The summed E-state index contributed by atoms with van der Waals surface area (Å²) in [5, 5.41) is 0.959. The normalized spacial score (nSPS) is 11.2. The van der Waals surface area contributed by atoms with E-state index in [4.69, 9.17) is 22.1 Å². The molecule has 0 amide bonds. The largest absolute Gasteiger partial charge is 0.497 e. The number of nitrogens with zero attached hydrogens (tertiary/aromatic N) is 3. The third-order valence-electron chi connectivity index (χ3n) is 3.70. The number of halogens is 1. The molecule has 0 saturated carbocycles. The van der Waals surface area contributed by atoms with Crippen molar-refractivity contribution in [2.45, 2.75) is 0 Å². The molecule has 0 bridgehead atoms. The number of benzene rings is 1. The Morgan fingerprint density at radius 2 is 2.04 bits per heavy atom. The highest BCUT2D eigenvalue weighted by atomic mass is 35.5. The van der Waals surface area contributed by atoms with Crippen LogP contribution in [0.15, 0.2) is 41.5 Å². The number of ether oxygens (including phenoxy) is 1. The Morgan fingerprint density at radius 1 is 1.29 bits per heavy atom. The standard InChI is InChI=1S/C16H11ClN4O2S/c1-23-9-4-2-8(3-5-9)21-7-19-13-12-10(18)6-11(17)20-15(12)24-14(13)16(21)22/h2-7H,1H3,(H2,18,20). The van der Waals surface area contributed by atoms with Crippen LogP contribution in [0.4, 0.5) is 5.69 Å². The Hall–Kier alpha value is -2.64. The molecule has 1 aromatic carbocycles. The second-order valence-corrected chi connectivity index (χ2v) is 6.50. The molecule has 0 aliphatic heterocycles. The van der Waals surface area contributed by atoms with Crippen LogP contribution in [0, 0.1) is 0 Å². The van der Waals surface area contributed by atoms with Crippen molar-refractivity contribution in [3.8, 4) is 11.4 Å². The first-order valence-corrected chi connectivity index (χ1v) is 8.18. The van der Waals surface area contributed by atoms with Crippen LogP contribution in [0.5, 0.6) is 5.75 Å². The van der Waals surface area contributed by atoms with Gasteiger partial charge in [0.05, 0.1) is 23.7 Å². The van der Waals surface area contributed by atoms with Crippen LogP contribution in [0.1, 0.15) is 0 Å². The molecule has 120 valence electrons. The van der Waals surface area contributed by atoms with Gasteiger partial charge in [-0.1, -0.05) is 11.6 Å². The van der Waals surface area contributed by atoms with E-state index in [-0.39, 0.29) is 5.56 Å². The third-order valence-corrected chi connectivity index (χ3v) is 4.96. The summed E-state index contributed by atoms with van der Waals surface area (Å²) < 4.78 is 7.11. The molecule has 0 spiro atoms. The molecule has 0 saturated heterocycles. The van der Waals surface area contributed by atoms with E-state index in [0.29, 0.717) is 42.7 Å². The van der Waals surface area contributed by atoms with Crippen LogP contribution < -0.4 is 16.0 Å². The van der Waals surface area contributed by atoms with E-state index >= 15 is 0 Å². The van der Waals surface area contributed by atoms with Gasteiger partial charge in [0.1, 0.15) is 26.8 Å². The Kier molecular flexibility index (Phi) is 3.40. The molecule has 0 fully saturated rings. The van der Waals surface area contributed by atoms with Crippen molar-refractivity contribution >= 4 is 49.1 Å². The maximum absolute atomic E-state index is 12.8. The van der Waals surface area contributed by atoms with Gasteiger partial charge < -0.3 is 10.5 Å². The molecular weight excluding hydrogens is 348 g/mol. The van der Waals surface area contributed by atoms with Gasteiger partial charge >= 0.3 is 0 Å². The lowest BCUT2D eigenvalue weighted by molar-refractivity contribution is 0.414. The van der Waals surface area contributed by atoms with Gasteiger partial charge in [0.15, 0.2) is 0 Å². The minimum absolute atomic E-state index is 0.177. The molecule has 0 aliphatic carbocycles. The maximum atomic E-state index is 12.8. The van der Waals surface area contributed by atoms with Crippen molar-refractivity contribution in [1.29, 1.82) is 0 Å². The molecule has 0 atom stereocenters. The smallest absolute Gasteiger partial charge is 0.275 e. The molecule has 0 unspecified atom stereocenters. The van der Waals surface area contributed by atoms with Gasteiger partial charge in [-0.05, 0) is 30.3 Å². The van der Waals surface area contributed by atoms with Gasteiger partial charge in [0.2, 0.25) is 0 Å². The van der Waals surface area contributed by atoms with Gasteiger partial charge in [0.25, 0.3) is 5.56 Å². The molecule has 0 aliphatic rings. The average molecular weight is 359 g/mol. The molecule has 3 aromatic heterocycles. The molecule has 2 N–H and O–H groups in total. The second kappa shape index (κ2) is 5.47. The van der Waals surface area contributed by atoms with Gasteiger partial charge in [-0.2, -0.15) is 0 Å². The summed E-state index contributed by atoms with van der Waals surface area (Å²) in [6.07, 6.45) is 1.49. The third kappa shape index (κ3) is 2.21. The number of methoxy groups -OCH3 is 1. The quantitative estimate of drug-likeness (QED) is 0.556. The summed E-state index contributed by atoms with van der Waals surface area (Å²) in [6, 6.07) is 8.73. The Labute approximate surface area is 145 Å². The molecule has 24 heavy (non-hydrogen) atoms. The first-order chi connectivity index (χ1) is 11.6. The first kappa shape index (κ1) is 14.9. The Bertz CT molecular complexity index is 1130. The number of pyridine rings is 1. The van der Waals surface area contributed by atoms with Gasteiger partial charge in [0, 0.05) is 5.69 Å². The lowest BCUT2D eigenvalue weighted by Gasteiger charge is -2.06. The summed E-state index contributed by atoms with van der Waals surface area (Å²) in [6.45, 7) is 0. The predicted octanol–water partition coefficient (Wildman–Crippen LogP) is 3.24. The van der Waals surface area contributed by atoms with Crippen molar-refractivity contribution in [1.82, 2.24) is 14.5 Å². The highest BCUT2D eigenvalue weighted by Crippen LogP contribution is 2.34. The average Bonchev–Trinajstić information content (AvgIpc) is 2.95. The number of nitrogens with two attached hydrogens (primary N) is 1. The number of anilines is 1. The van der Waals surface area contributed by atoms with Crippen molar-refractivity contribution in [2.75, 3.05) is 12.8 Å². The van der Waals surface area contributed by atoms with Crippen molar-refractivity contribution in [2.24, 2.45) is 0 Å². The number of fused-ring (bicyclic) bond motifs is 3. The van der Waals surface area contributed by atoms with E-state index in [9.17, 15) is 4.79 Å². The predicted molar refractivity (Wildman–Crippen MR) is 96.5 cm³/mol. The highest BCUT2D eigenvalue weighted by Gasteiger charge is 2.16. The Balaban J connectivity index is 1.99. The summed E-state index contributed by atoms with van der Waals surface area (Å²) in [4.78, 5) is 22.1. The topological polar surface area (TPSA) is 83.0 Å². The number of nitrogen functional groups attached to an aromatic ring is 1. The van der Waals surface area contributed by atoms with E-state index in [0.717, 1.165) is 0 Å². The molecule has 3 heterocycles. The number of hydrogen-bond acceptors (Lipinski definition) is 6. The van der Waals surface area contributed by atoms with Crippen LogP contribution in [-0.2, 0) is 0 Å². The van der Waals surface area contributed by atoms with E-state index in [1.54, 1.807) is 37.4 Å². The van der Waals surface area contributed by atoms with E-state index in [1.807, 2.05) is 0 Å². The van der Waals surface area contributed by atoms with E-state index < -0.39 is 0 Å². The number of aromatic nitrogens is 3. The monoisotopic (exact) mass is 358 g/mol. The minimum atomic E-state index is -0.177. The van der Waals surface area contributed by atoms with Crippen LogP contribution in [0.25, 0.3) is 26.1 Å². The van der Waals surface area contributed by atoms with Crippen molar-refractivity contribution < 1.29 is 4.74 Å².